The van der Waals surface area contributed by atoms with E-state index in [9.17, 15) is 10.1 Å². The van der Waals surface area contributed by atoms with Crippen molar-refractivity contribution in [2.75, 3.05) is 19.8 Å². The Morgan fingerprint density at radius 1 is 1.33 bits per heavy atom. The van der Waals surface area contributed by atoms with Crippen LogP contribution in [0, 0.1) is 10.1 Å². The first-order chi connectivity index (χ1) is 8.65. The first-order valence-electron chi connectivity index (χ1n) is 5.79. The van der Waals surface area contributed by atoms with Gasteiger partial charge in [-0.2, -0.15) is 0 Å². The van der Waals surface area contributed by atoms with Crippen LogP contribution in [0.25, 0.3) is 0 Å². The molecule has 0 amide bonds. The molecule has 0 spiro atoms. The summed E-state index contributed by atoms with van der Waals surface area (Å²) in [5.74, 6) is 0.461. The Bertz CT molecular complexity index is 398. The minimum atomic E-state index is -0.447. The average molecular weight is 318 g/mol. The van der Waals surface area contributed by atoms with Crippen LogP contribution >= 0.6 is 15.9 Å². The van der Waals surface area contributed by atoms with Gasteiger partial charge in [-0.1, -0.05) is 13.3 Å². The molecule has 18 heavy (non-hydrogen) atoms. The van der Waals surface area contributed by atoms with Crippen LogP contribution in [-0.4, -0.2) is 24.7 Å². The molecule has 0 bridgehead atoms. The van der Waals surface area contributed by atoms with Gasteiger partial charge >= 0.3 is 0 Å². The SMILES string of the molecule is CCCCOCCOc1cc([N+](=O)[O-])ccc1Br. The van der Waals surface area contributed by atoms with Gasteiger partial charge in [-0.15, -0.1) is 0 Å². The van der Waals surface area contributed by atoms with Crippen molar-refractivity contribution < 1.29 is 14.4 Å². The Morgan fingerprint density at radius 2 is 2.11 bits per heavy atom. The van der Waals surface area contributed by atoms with E-state index in [4.69, 9.17) is 9.47 Å². The molecule has 0 saturated heterocycles. The molecule has 0 heterocycles. The fraction of sp³-hybridized carbons (Fsp3) is 0.500. The van der Waals surface area contributed by atoms with Crippen molar-refractivity contribution in [3.05, 3.63) is 32.8 Å². The highest BCUT2D eigenvalue weighted by Crippen LogP contribution is 2.29. The summed E-state index contributed by atoms with van der Waals surface area (Å²) in [6.45, 7) is 3.68. The fourth-order valence-electron chi connectivity index (χ4n) is 1.28. The lowest BCUT2D eigenvalue weighted by atomic mass is 10.3. The summed E-state index contributed by atoms with van der Waals surface area (Å²) in [5.41, 5.74) is 0.0140. The normalized spacial score (nSPS) is 10.3. The Balaban J connectivity index is 2.41. The van der Waals surface area contributed by atoms with Gasteiger partial charge in [0.1, 0.15) is 12.4 Å². The van der Waals surface area contributed by atoms with Gasteiger partial charge in [0.2, 0.25) is 0 Å². The Labute approximate surface area is 114 Å². The van der Waals surface area contributed by atoms with Crippen molar-refractivity contribution in [1.29, 1.82) is 0 Å². The Kier molecular flexibility index (Phi) is 6.67. The molecular weight excluding hydrogens is 302 g/mol. The standard InChI is InChI=1S/C12H16BrNO4/c1-2-3-6-17-7-8-18-12-9-10(14(15)16)4-5-11(12)13/h4-5,9H,2-3,6-8H2,1H3. The molecule has 0 N–H and O–H groups in total. The van der Waals surface area contributed by atoms with E-state index in [0.717, 1.165) is 19.4 Å². The van der Waals surface area contributed by atoms with Crippen molar-refractivity contribution >= 4 is 21.6 Å². The zero-order valence-corrected chi connectivity index (χ0v) is 11.8. The van der Waals surface area contributed by atoms with E-state index < -0.39 is 4.92 Å². The van der Waals surface area contributed by atoms with Gasteiger partial charge in [0, 0.05) is 12.7 Å². The van der Waals surface area contributed by atoms with Crippen molar-refractivity contribution in [1.82, 2.24) is 0 Å². The molecular formula is C12H16BrNO4. The molecule has 0 aliphatic carbocycles. The second-order valence-electron chi connectivity index (χ2n) is 3.69. The highest BCUT2D eigenvalue weighted by Gasteiger charge is 2.10. The number of benzene rings is 1. The van der Waals surface area contributed by atoms with Gasteiger partial charge in [-0.3, -0.25) is 10.1 Å². The zero-order valence-electron chi connectivity index (χ0n) is 10.2. The number of unbranched alkanes of at least 4 members (excludes halogenated alkanes) is 1. The van der Waals surface area contributed by atoms with Gasteiger partial charge in [0.25, 0.3) is 5.69 Å². The fourth-order valence-corrected chi connectivity index (χ4v) is 1.64. The lowest BCUT2D eigenvalue weighted by molar-refractivity contribution is -0.385. The van der Waals surface area contributed by atoms with Crippen LogP contribution in [-0.2, 0) is 4.74 Å². The predicted octanol–water partition coefficient (Wildman–Crippen LogP) is 3.55. The van der Waals surface area contributed by atoms with Crippen molar-refractivity contribution in [2.24, 2.45) is 0 Å². The average Bonchev–Trinajstić information content (AvgIpc) is 2.35. The number of nitro groups is 1. The topological polar surface area (TPSA) is 61.6 Å². The number of nitro benzene ring substituents is 1. The van der Waals surface area contributed by atoms with Crippen molar-refractivity contribution in [3.63, 3.8) is 0 Å². The summed E-state index contributed by atoms with van der Waals surface area (Å²) in [5, 5.41) is 10.6. The summed E-state index contributed by atoms with van der Waals surface area (Å²) < 4.78 is 11.5. The van der Waals surface area contributed by atoms with Crippen molar-refractivity contribution in [2.45, 2.75) is 19.8 Å². The van der Waals surface area contributed by atoms with Crippen LogP contribution in [0.1, 0.15) is 19.8 Å². The molecule has 0 unspecified atom stereocenters. The highest BCUT2D eigenvalue weighted by atomic mass is 79.9. The lowest BCUT2D eigenvalue weighted by Gasteiger charge is -2.08. The molecule has 0 atom stereocenters. The van der Waals surface area contributed by atoms with Crippen LogP contribution < -0.4 is 4.74 Å². The monoisotopic (exact) mass is 317 g/mol. The Hall–Kier alpha value is -1.14. The molecule has 100 valence electrons. The predicted molar refractivity (Wildman–Crippen MR) is 72.0 cm³/mol. The van der Waals surface area contributed by atoms with Crippen molar-refractivity contribution in [3.8, 4) is 5.75 Å². The highest BCUT2D eigenvalue weighted by molar-refractivity contribution is 9.10. The maximum absolute atomic E-state index is 10.6. The number of non-ortho nitro benzene ring substituents is 1. The van der Waals surface area contributed by atoms with E-state index in [-0.39, 0.29) is 5.69 Å². The van der Waals surface area contributed by atoms with Gasteiger partial charge < -0.3 is 9.47 Å². The molecule has 1 aromatic rings. The maximum Gasteiger partial charge on any atom is 0.273 e. The first-order valence-corrected chi connectivity index (χ1v) is 6.59. The van der Waals surface area contributed by atoms with E-state index in [2.05, 4.69) is 22.9 Å². The Morgan fingerprint density at radius 3 is 2.78 bits per heavy atom. The summed E-state index contributed by atoms with van der Waals surface area (Å²) >= 11 is 3.29. The van der Waals surface area contributed by atoms with E-state index in [1.807, 2.05) is 0 Å². The van der Waals surface area contributed by atoms with Crippen LogP contribution in [0.2, 0.25) is 0 Å². The van der Waals surface area contributed by atoms with E-state index in [1.165, 1.54) is 12.1 Å². The quantitative estimate of drug-likeness (QED) is 0.418. The van der Waals surface area contributed by atoms with E-state index >= 15 is 0 Å². The third-order valence-corrected chi connectivity index (χ3v) is 2.91. The third kappa shape index (κ3) is 5.01. The summed E-state index contributed by atoms with van der Waals surface area (Å²) in [4.78, 5) is 10.2. The molecule has 6 heteroatoms. The molecule has 0 aromatic heterocycles. The van der Waals surface area contributed by atoms with Crippen LogP contribution in [0.3, 0.4) is 0 Å². The number of halogens is 1. The number of nitrogens with zero attached hydrogens (tertiary/aromatic N) is 1. The van der Waals surface area contributed by atoms with Gasteiger partial charge in [-0.25, -0.2) is 0 Å². The van der Waals surface area contributed by atoms with E-state index in [1.54, 1.807) is 6.07 Å². The molecule has 0 fully saturated rings. The lowest BCUT2D eigenvalue weighted by Crippen LogP contribution is -2.07. The van der Waals surface area contributed by atoms with Crippen LogP contribution in [0.5, 0.6) is 5.75 Å². The molecule has 1 aromatic carbocycles. The van der Waals surface area contributed by atoms with Gasteiger partial charge in [0.15, 0.2) is 0 Å². The van der Waals surface area contributed by atoms with Crippen LogP contribution in [0.15, 0.2) is 22.7 Å². The maximum atomic E-state index is 10.6. The summed E-state index contributed by atoms with van der Waals surface area (Å²) in [6, 6.07) is 4.43. The third-order valence-electron chi connectivity index (χ3n) is 2.25. The smallest absolute Gasteiger partial charge is 0.273 e. The molecule has 1 rings (SSSR count). The zero-order chi connectivity index (χ0) is 13.4. The summed E-state index contributed by atoms with van der Waals surface area (Å²) in [6.07, 6.45) is 2.12. The molecule has 0 saturated carbocycles. The number of ether oxygens (including phenoxy) is 2. The summed E-state index contributed by atoms with van der Waals surface area (Å²) in [7, 11) is 0. The van der Waals surface area contributed by atoms with Gasteiger partial charge in [0.05, 0.1) is 22.1 Å². The first kappa shape index (κ1) is 14.9. The minimum Gasteiger partial charge on any atom is -0.490 e. The number of rotatable bonds is 8. The minimum absolute atomic E-state index is 0.0140. The van der Waals surface area contributed by atoms with Gasteiger partial charge in [-0.05, 0) is 28.4 Å². The molecule has 0 radical (unpaired) electrons. The number of hydrogen-bond donors (Lipinski definition) is 0. The van der Waals surface area contributed by atoms with Crippen LogP contribution in [0.4, 0.5) is 5.69 Å². The molecule has 5 nitrogen and oxygen atoms in total. The van der Waals surface area contributed by atoms with E-state index in [0.29, 0.717) is 23.4 Å². The second-order valence-corrected chi connectivity index (χ2v) is 4.54. The molecule has 0 aliphatic heterocycles. The second kappa shape index (κ2) is 8.05. The largest absolute Gasteiger partial charge is 0.490 e. The molecule has 0 aliphatic rings. The number of hydrogen-bond acceptors (Lipinski definition) is 4.